The number of hydrogen-bond acceptors (Lipinski definition) is 2. The van der Waals surface area contributed by atoms with Crippen molar-refractivity contribution < 1.29 is 0 Å². The summed E-state index contributed by atoms with van der Waals surface area (Å²) in [5.74, 6) is 1.96. The van der Waals surface area contributed by atoms with Crippen LogP contribution in [0.15, 0.2) is 224 Å². The van der Waals surface area contributed by atoms with E-state index in [-0.39, 0.29) is 0 Å². The average Bonchev–Trinajstić information content (AvgIpc) is 3.96. The number of rotatable bonds is 4. The molecule has 1 aliphatic rings. The van der Waals surface area contributed by atoms with Crippen molar-refractivity contribution in [2.75, 3.05) is 0 Å². The van der Waals surface area contributed by atoms with Crippen molar-refractivity contribution in [2.24, 2.45) is 0 Å². The highest BCUT2D eigenvalue weighted by molar-refractivity contribution is 6.34. The number of fused-ring (bicyclic) bond motifs is 7. The minimum atomic E-state index is 0.877. The second-order valence-corrected chi connectivity index (χ2v) is 17.6. The van der Waals surface area contributed by atoms with Gasteiger partial charge in [-0.25, -0.2) is 9.97 Å². The molecule has 69 heavy (non-hydrogen) atoms. The molecule has 1 aliphatic carbocycles. The van der Waals surface area contributed by atoms with Crippen LogP contribution in [0.3, 0.4) is 0 Å². The van der Waals surface area contributed by atoms with Gasteiger partial charge in [-0.1, -0.05) is 220 Å². The van der Waals surface area contributed by atoms with E-state index in [0.717, 1.165) is 46.0 Å². The van der Waals surface area contributed by atoms with Crippen molar-refractivity contribution in [3.8, 4) is 22.8 Å². The summed E-state index contributed by atoms with van der Waals surface area (Å²) >= 11 is 0. The van der Waals surface area contributed by atoms with Crippen LogP contribution in [-0.4, -0.2) is 19.1 Å². The van der Waals surface area contributed by atoms with Crippen LogP contribution in [0.25, 0.3) is 121 Å². The third kappa shape index (κ3) is 6.29. The van der Waals surface area contributed by atoms with Gasteiger partial charge >= 0.3 is 0 Å². The van der Waals surface area contributed by atoms with E-state index in [2.05, 4.69) is 240 Å². The van der Waals surface area contributed by atoms with Crippen LogP contribution in [0.2, 0.25) is 0 Å². The largest absolute Gasteiger partial charge is 0.292 e. The zero-order chi connectivity index (χ0) is 46.0. The maximum Gasteiger partial charge on any atom is 0.146 e. The lowest BCUT2D eigenvalue weighted by Crippen LogP contribution is -2.03. The van der Waals surface area contributed by atoms with E-state index in [4.69, 9.17) is 9.97 Å². The molecule has 0 unspecified atom stereocenters. The van der Waals surface area contributed by atoms with Crippen molar-refractivity contribution in [1.29, 1.82) is 0 Å². The smallest absolute Gasteiger partial charge is 0.146 e. The standard InChI is InChI=1S/C34H22N2.C29H18N2.C2H6/c1-2-14-25(15-3-1)36-33-29-19-9-13-24-21-20-23-12-8-18-28(30(23)31(24)29)32(33)35-34(36)27-17-7-5-11-22-10-4-6-16-26(22)27;1-3-9-21(10-4-1)29-30-27-23-15-7-11-19-17-18-20-12-8-16-24(26(20)25(19)23)28(27)31(29)22-13-5-2-6-14-22;1-2/h1-6,8-21H,7H2;1-18H;1-2H3. The average molecular weight is 883 g/mol. The van der Waals surface area contributed by atoms with E-state index < -0.39 is 0 Å². The third-order valence-corrected chi connectivity index (χ3v) is 13.9. The first kappa shape index (κ1) is 40.4. The van der Waals surface area contributed by atoms with E-state index in [0.29, 0.717) is 0 Å². The van der Waals surface area contributed by atoms with Gasteiger partial charge in [0.1, 0.15) is 11.6 Å². The Morgan fingerprint density at radius 2 is 0.797 bits per heavy atom. The Labute approximate surface area is 400 Å². The molecule has 14 aromatic rings. The molecule has 2 heterocycles. The van der Waals surface area contributed by atoms with Gasteiger partial charge < -0.3 is 0 Å². The minimum absolute atomic E-state index is 0.877. The SMILES string of the molecule is C1=Cc2ccccc2C(c2nc3c4cccc5ccc6cccc(c6c54)c3n2-c2ccccc2)=CC1.CC.c1ccc(-c2nc3c4cccc5ccc6cccc(c6c54)c3n2-c2ccccc2)cc1. The number of para-hydroxylation sites is 2. The van der Waals surface area contributed by atoms with Gasteiger partial charge in [0.25, 0.3) is 0 Å². The van der Waals surface area contributed by atoms with Crippen LogP contribution >= 0.6 is 0 Å². The molecule has 0 amide bonds. The molecule has 12 aromatic carbocycles. The van der Waals surface area contributed by atoms with E-state index in [1.807, 2.05) is 13.8 Å². The highest BCUT2D eigenvalue weighted by Gasteiger charge is 2.25. The van der Waals surface area contributed by atoms with E-state index in [9.17, 15) is 0 Å². The molecule has 0 saturated carbocycles. The number of aromatic nitrogens is 4. The summed E-state index contributed by atoms with van der Waals surface area (Å²) in [7, 11) is 0. The monoisotopic (exact) mass is 882 g/mol. The molecule has 0 N–H and O–H groups in total. The quantitative estimate of drug-likeness (QED) is 0.165. The van der Waals surface area contributed by atoms with E-state index in [1.54, 1.807) is 0 Å². The van der Waals surface area contributed by atoms with Crippen molar-refractivity contribution in [1.82, 2.24) is 19.1 Å². The molecule has 4 nitrogen and oxygen atoms in total. The Kier molecular flexibility index (Phi) is 9.65. The zero-order valence-corrected chi connectivity index (χ0v) is 38.4. The Bertz CT molecular complexity index is 4270. The van der Waals surface area contributed by atoms with Gasteiger partial charge in [0.05, 0.1) is 22.1 Å². The predicted molar refractivity (Wildman–Crippen MR) is 294 cm³/mol. The molecule has 0 atom stereocenters. The number of hydrogen-bond donors (Lipinski definition) is 0. The molecule has 0 fully saturated rings. The van der Waals surface area contributed by atoms with Crippen LogP contribution in [0, 0.1) is 0 Å². The second-order valence-electron chi connectivity index (χ2n) is 17.6. The Balaban J connectivity index is 0.000000133. The molecule has 0 spiro atoms. The Morgan fingerprint density at radius 3 is 1.32 bits per heavy atom. The molecule has 2 aromatic heterocycles. The molecular formula is C65H46N4. The maximum atomic E-state index is 5.47. The molecule has 0 radical (unpaired) electrons. The summed E-state index contributed by atoms with van der Waals surface area (Å²) in [5, 5.41) is 15.2. The third-order valence-electron chi connectivity index (χ3n) is 13.9. The summed E-state index contributed by atoms with van der Waals surface area (Å²) in [6.07, 6.45) is 7.66. The van der Waals surface area contributed by atoms with Gasteiger partial charge in [-0.05, 0) is 84.9 Å². The van der Waals surface area contributed by atoms with Crippen LogP contribution < -0.4 is 0 Å². The van der Waals surface area contributed by atoms with E-state index >= 15 is 0 Å². The van der Waals surface area contributed by atoms with Crippen LogP contribution in [0.5, 0.6) is 0 Å². The Morgan fingerprint density at radius 1 is 0.377 bits per heavy atom. The number of benzene rings is 12. The first-order valence-electron chi connectivity index (χ1n) is 24.1. The summed E-state index contributed by atoms with van der Waals surface area (Å²) in [6.45, 7) is 4.00. The summed E-state index contributed by atoms with van der Waals surface area (Å²) in [6, 6.07) is 75.8. The van der Waals surface area contributed by atoms with Crippen molar-refractivity contribution in [2.45, 2.75) is 20.3 Å². The molecule has 0 bridgehead atoms. The maximum absolute atomic E-state index is 5.47. The predicted octanol–water partition coefficient (Wildman–Crippen LogP) is 17.4. The molecule has 15 rings (SSSR count). The molecule has 0 saturated heterocycles. The second kappa shape index (κ2) is 16.5. The van der Waals surface area contributed by atoms with Crippen molar-refractivity contribution >= 4 is 98.4 Å². The Hall–Kier alpha value is -8.86. The lowest BCUT2D eigenvalue weighted by Gasteiger charge is -2.16. The van der Waals surface area contributed by atoms with Gasteiger partial charge in [-0.3, -0.25) is 9.13 Å². The molecule has 0 aliphatic heterocycles. The zero-order valence-electron chi connectivity index (χ0n) is 38.4. The van der Waals surface area contributed by atoms with Crippen LogP contribution in [-0.2, 0) is 0 Å². The van der Waals surface area contributed by atoms with Crippen molar-refractivity contribution in [3.05, 3.63) is 241 Å². The van der Waals surface area contributed by atoms with E-state index in [1.165, 1.54) is 92.4 Å². The first-order valence-corrected chi connectivity index (χ1v) is 24.1. The lowest BCUT2D eigenvalue weighted by molar-refractivity contribution is 1.05. The van der Waals surface area contributed by atoms with Crippen LogP contribution in [0.1, 0.15) is 37.2 Å². The summed E-state index contributed by atoms with van der Waals surface area (Å²) in [4.78, 5) is 10.7. The van der Waals surface area contributed by atoms with Crippen LogP contribution in [0.4, 0.5) is 0 Å². The molecule has 326 valence electrons. The first-order chi connectivity index (χ1) is 34.3. The topological polar surface area (TPSA) is 35.6 Å². The lowest BCUT2D eigenvalue weighted by atomic mass is 9.93. The highest BCUT2D eigenvalue weighted by Crippen LogP contribution is 2.45. The highest BCUT2D eigenvalue weighted by atomic mass is 15.1. The molecule has 4 heteroatoms. The fraction of sp³-hybridized carbons (Fsp3) is 0.0462. The fourth-order valence-electron chi connectivity index (χ4n) is 11.0. The summed E-state index contributed by atoms with van der Waals surface area (Å²) in [5.41, 5.74) is 11.4. The fourth-order valence-corrected chi connectivity index (χ4v) is 11.0. The van der Waals surface area contributed by atoms with Gasteiger partial charge in [-0.2, -0.15) is 0 Å². The van der Waals surface area contributed by atoms with Gasteiger partial charge in [0.2, 0.25) is 0 Å². The summed E-state index contributed by atoms with van der Waals surface area (Å²) < 4.78 is 4.71. The normalized spacial score (nSPS) is 12.5. The molecular weight excluding hydrogens is 837 g/mol. The number of nitrogens with zero attached hydrogens (tertiary/aromatic N) is 4. The van der Waals surface area contributed by atoms with Gasteiger partial charge in [0.15, 0.2) is 0 Å². The number of imidazole rings is 2. The minimum Gasteiger partial charge on any atom is -0.292 e. The van der Waals surface area contributed by atoms with Gasteiger partial charge in [0, 0.05) is 44.1 Å². The van der Waals surface area contributed by atoms with Gasteiger partial charge in [-0.15, -0.1) is 0 Å². The number of allylic oxidation sites excluding steroid dienone is 2. The van der Waals surface area contributed by atoms with Crippen molar-refractivity contribution in [3.63, 3.8) is 0 Å².